The molecular formula is C20H31BrO3. The lowest BCUT2D eigenvalue weighted by molar-refractivity contribution is -0.201. The van der Waals surface area contributed by atoms with Gasteiger partial charge < -0.3 is 10.2 Å². The maximum Gasteiger partial charge on any atom is 0.186 e. The molecule has 0 spiro atoms. The van der Waals surface area contributed by atoms with Crippen LogP contribution in [-0.2, 0) is 4.79 Å². The van der Waals surface area contributed by atoms with Gasteiger partial charge in [0.25, 0.3) is 0 Å². The highest BCUT2D eigenvalue weighted by atomic mass is 79.9. The summed E-state index contributed by atoms with van der Waals surface area (Å²) in [6.45, 7) is 8.35. The molecule has 3 aliphatic rings. The molecule has 0 aromatic carbocycles. The first-order valence-corrected chi connectivity index (χ1v) is 10.4. The van der Waals surface area contributed by atoms with Crippen LogP contribution in [0.4, 0.5) is 0 Å². The summed E-state index contributed by atoms with van der Waals surface area (Å²) < 4.78 is 0. The molecule has 3 rings (SSSR count). The first kappa shape index (κ1) is 18.6. The monoisotopic (exact) mass is 398 g/mol. The number of hydrogen-bond acceptors (Lipinski definition) is 3. The van der Waals surface area contributed by atoms with Crippen LogP contribution in [0.5, 0.6) is 0 Å². The van der Waals surface area contributed by atoms with E-state index < -0.39 is 11.7 Å². The Bertz CT molecular complexity index is 555. The molecule has 2 fully saturated rings. The van der Waals surface area contributed by atoms with Gasteiger partial charge in [-0.1, -0.05) is 42.8 Å². The van der Waals surface area contributed by atoms with E-state index in [1.165, 1.54) is 0 Å². The standard InChI is InChI=1S/C20H31BrO3/c1-12(2)13-5-6-14(22)16-17-18(3,9-10-20(13,16)11-21)8-7-15(23)19(17,4)24/h7-8,12-14,16-17,22,24H,5-6,9-11H2,1-4H3/t13-,14-,16-,17+,18-,19+,20-/m0/s1. The summed E-state index contributed by atoms with van der Waals surface area (Å²) in [5, 5.41) is 23.0. The number of hydrogen-bond donors (Lipinski definition) is 2. The SMILES string of the molecule is CC(C)[C@@H]1CC[C@H](O)[C@H]2[C@@H]3[C@@](C)(C=CC(=O)[C@@]3(C)O)CC[C@@]21CBr. The number of aliphatic hydroxyl groups is 2. The predicted molar refractivity (Wildman–Crippen MR) is 98.9 cm³/mol. The maximum absolute atomic E-state index is 12.5. The molecule has 2 saturated carbocycles. The summed E-state index contributed by atoms with van der Waals surface area (Å²) >= 11 is 3.77. The van der Waals surface area contributed by atoms with E-state index in [0.29, 0.717) is 11.8 Å². The third-order valence-electron chi connectivity index (χ3n) is 7.56. The first-order chi connectivity index (χ1) is 11.1. The molecule has 136 valence electrons. The van der Waals surface area contributed by atoms with Gasteiger partial charge in [-0.15, -0.1) is 0 Å². The molecule has 0 radical (unpaired) electrons. The van der Waals surface area contributed by atoms with E-state index in [1.54, 1.807) is 13.0 Å². The van der Waals surface area contributed by atoms with E-state index in [9.17, 15) is 15.0 Å². The average molecular weight is 399 g/mol. The van der Waals surface area contributed by atoms with Gasteiger partial charge >= 0.3 is 0 Å². The Morgan fingerprint density at radius 3 is 2.54 bits per heavy atom. The van der Waals surface area contributed by atoms with Crippen LogP contribution in [0.1, 0.15) is 53.4 Å². The Kier molecular flexibility index (Phi) is 4.59. The highest BCUT2D eigenvalue weighted by Crippen LogP contribution is 2.65. The second kappa shape index (κ2) is 5.92. The van der Waals surface area contributed by atoms with Gasteiger partial charge in [-0.2, -0.15) is 0 Å². The van der Waals surface area contributed by atoms with Crippen LogP contribution >= 0.6 is 15.9 Å². The van der Waals surface area contributed by atoms with Crippen LogP contribution in [0.3, 0.4) is 0 Å². The Hall–Kier alpha value is -0.190. The quantitative estimate of drug-likeness (QED) is 0.696. The Balaban J connectivity index is 2.16. The van der Waals surface area contributed by atoms with Crippen molar-refractivity contribution in [3.63, 3.8) is 0 Å². The fraction of sp³-hybridized carbons (Fsp3) is 0.850. The normalized spacial score (nSPS) is 51.4. The van der Waals surface area contributed by atoms with Gasteiger partial charge in [0.05, 0.1) is 6.10 Å². The number of allylic oxidation sites excluding steroid dienone is 1. The molecule has 7 atom stereocenters. The number of rotatable bonds is 2. The summed E-state index contributed by atoms with van der Waals surface area (Å²) in [6, 6.07) is 0. The Morgan fingerprint density at radius 2 is 1.96 bits per heavy atom. The maximum atomic E-state index is 12.5. The molecule has 0 aromatic rings. The molecule has 0 bridgehead atoms. The number of fused-ring (bicyclic) bond motifs is 3. The third kappa shape index (κ3) is 2.39. The van der Waals surface area contributed by atoms with E-state index in [2.05, 4.69) is 36.7 Å². The molecule has 0 heterocycles. The van der Waals surface area contributed by atoms with E-state index in [1.807, 2.05) is 6.08 Å². The summed E-state index contributed by atoms with van der Waals surface area (Å²) in [5.41, 5.74) is -1.68. The van der Waals surface area contributed by atoms with Gasteiger partial charge in [0.2, 0.25) is 0 Å². The van der Waals surface area contributed by atoms with E-state index in [0.717, 1.165) is 31.0 Å². The smallest absolute Gasteiger partial charge is 0.186 e. The predicted octanol–water partition coefficient (Wildman–Crippen LogP) is 3.72. The van der Waals surface area contributed by atoms with Crippen LogP contribution in [0, 0.1) is 34.5 Å². The molecule has 4 heteroatoms. The number of carbonyl (C=O) groups excluding carboxylic acids is 1. The minimum atomic E-state index is -1.40. The van der Waals surface area contributed by atoms with Crippen LogP contribution in [0.2, 0.25) is 0 Å². The molecule has 0 aromatic heterocycles. The molecule has 0 unspecified atom stereocenters. The first-order valence-electron chi connectivity index (χ1n) is 9.30. The van der Waals surface area contributed by atoms with E-state index in [-0.39, 0.29) is 28.4 Å². The van der Waals surface area contributed by atoms with Crippen LogP contribution in [0.25, 0.3) is 0 Å². The van der Waals surface area contributed by atoms with E-state index >= 15 is 0 Å². The van der Waals surface area contributed by atoms with Crippen molar-refractivity contribution in [2.24, 2.45) is 34.5 Å². The lowest BCUT2D eigenvalue weighted by Gasteiger charge is -2.64. The number of ketones is 1. The molecule has 0 saturated heterocycles. The van der Waals surface area contributed by atoms with Crippen molar-refractivity contribution in [1.29, 1.82) is 0 Å². The molecule has 0 aliphatic heterocycles. The number of alkyl halides is 1. The van der Waals surface area contributed by atoms with Crippen molar-refractivity contribution >= 4 is 21.7 Å². The zero-order chi connectivity index (χ0) is 17.9. The molecule has 3 aliphatic carbocycles. The largest absolute Gasteiger partial charge is 0.393 e. The lowest BCUT2D eigenvalue weighted by atomic mass is 9.41. The van der Waals surface area contributed by atoms with Gasteiger partial charge in [0, 0.05) is 11.2 Å². The summed E-state index contributed by atoms with van der Waals surface area (Å²) in [4.78, 5) is 12.5. The van der Waals surface area contributed by atoms with Gasteiger partial charge in [-0.25, -0.2) is 0 Å². The zero-order valence-electron chi connectivity index (χ0n) is 15.3. The Labute approximate surface area is 154 Å². The Morgan fingerprint density at radius 1 is 1.29 bits per heavy atom. The van der Waals surface area contributed by atoms with Crippen molar-refractivity contribution in [3.05, 3.63) is 12.2 Å². The van der Waals surface area contributed by atoms with Gasteiger partial charge in [-0.3, -0.25) is 4.79 Å². The highest BCUT2D eigenvalue weighted by molar-refractivity contribution is 9.09. The average Bonchev–Trinajstić information content (AvgIpc) is 2.51. The summed E-state index contributed by atoms with van der Waals surface area (Å²) in [6.07, 6.45) is 6.89. The van der Waals surface area contributed by atoms with Gasteiger partial charge in [-0.05, 0) is 67.3 Å². The van der Waals surface area contributed by atoms with Crippen LogP contribution < -0.4 is 0 Å². The van der Waals surface area contributed by atoms with Gasteiger partial charge in [0.15, 0.2) is 5.78 Å². The summed E-state index contributed by atoms with van der Waals surface area (Å²) in [7, 11) is 0. The molecular weight excluding hydrogens is 368 g/mol. The van der Waals surface area contributed by atoms with Crippen molar-refractivity contribution in [1.82, 2.24) is 0 Å². The zero-order valence-corrected chi connectivity index (χ0v) is 16.8. The lowest BCUT2D eigenvalue weighted by Crippen LogP contribution is -2.66. The van der Waals surface area contributed by atoms with Gasteiger partial charge in [0.1, 0.15) is 5.60 Å². The molecule has 2 N–H and O–H groups in total. The van der Waals surface area contributed by atoms with Crippen molar-refractivity contribution in [2.75, 3.05) is 5.33 Å². The van der Waals surface area contributed by atoms with Crippen LogP contribution in [0.15, 0.2) is 12.2 Å². The number of aliphatic hydroxyl groups excluding tert-OH is 1. The second-order valence-corrected chi connectivity index (χ2v) is 9.78. The molecule has 0 amide bonds. The second-order valence-electron chi connectivity index (χ2n) is 9.22. The summed E-state index contributed by atoms with van der Waals surface area (Å²) in [5.74, 6) is 0.536. The minimum absolute atomic E-state index is 0.0501. The fourth-order valence-electron chi connectivity index (χ4n) is 6.44. The van der Waals surface area contributed by atoms with Crippen LogP contribution in [-0.4, -0.2) is 33.0 Å². The van der Waals surface area contributed by atoms with Crippen molar-refractivity contribution in [2.45, 2.75) is 65.1 Å². The fourth-order valence-corrected chi connectivity index (χ4v) is 7.51. The van der Waals surface area contributed by atoms with E-state index in [4.69, 9.17) is 0 Å². The topological polar surface area (TPSA) is 57.5 Å². The minimum Gasteiger partial charge on any atom is -0.393 e. The molecule has 3 nitrogen and oxygen atoms in total. The molecule has 24 heavy (non-hydrogen) atoms. The third-order valence-corrected chi connectivity index (χ3v) is 8.61. The number of halogens is 1. The van der Waals surface area contributed by atoms with Crippen molar-refractivity contribution < 1.29 is 15.0 Å². The van der Waals surface area contributed by atoms with Crippen molar-refractivity contribution in [3.8, 4) is 0 Å². The highest BCUT2D eigenvalue weighted by Gasteiger charge is 2.65. The number of carbonyl (C=O) groups is 1.